The number of hydrogen-bond donors (Lipinski definition) is 2. The molecular weight excluding hydrogens is 485 g/mol. The highest BCUT2D eigenvalue weighted by molar-refractivity contribution is 14.0. The monoisotopic (exact) mass is 515 g/mol. The van der Waals surface area contributed by atoms with Gasteiger partial charge in [0.15, 0.2) is 5.96 Å². The van der Waals surface area contributed by atoms with Crippen molar-refractivity contribution in [1.82, 2.24) is 10.6 Å². The van der Waals surface area contributed by atoms with Crippen LogP contribution in [0.3, 0.4) is 0 Å². The summed E-state index contributed by atoms with van der Waals surface area (Å²) in [6, 6.07) is 7.99. The summed E-state index contributed by atoms with van der Waals surface area (Å²) in [5.74, 6) is 0.834. The van der Waals surface area contributed by atoms with Gasteiger partial charge in [0.2, 0.25) is 0 Å². The molecule has 0 saturated carbocycles. The van der Waals surface area contributed by atoms with Crippen LogP contribution in [0.15, 0.2) is 29.3 Å². The highest BCUT2D eigenvalue weighted by Crippen LogP contribution is 2.28. The van der Waals surface area contributed by atoms with Crippen LogP contribution < -0.4 is 10.6 Å². The second kappa shape index (κ2) is 16.9. The summed E-state index contributed by atoms with van der Waals surface area (Å²) < 4.78 is 10.4. The van der Waals surface area contributed by atoms with Crippen molar-refractivity contribution in [3.63, 3.8) is 0 Å². The van der Waals surface area contributed by atoms with Crippen molar-refractivity contribution in [3.05, 3.63) is 34.9 Å². The maximum atomic E-state index is 6.10. The number of halogens is 2. The van der Waals surface area contributed by atoms with Crippen molar-refractivity contribution < 1.29 is 9.47 Å². The highest BCUT2D eigenvalue weighted by atomic mass is 127. The van der Waals surface area contributed by atoms with E-state index >= 15 is 0 Å². The molecule has 0 amide bonds. The fourth-order valence-corrected chi connectivity index (χ4v) is 3.01. The summed E-state index contributed by atoms with van der Waals surface area (Å²) in [6.07, 6.45) is 3.02. The quantitative estimate of drug-likeness (QED) is 0.191. The van der Waals surface area contributed by atoms with Crippen LogP contribution in [0.2, 0.25) is 5.02 Å². The number of nitrogens with zero attached hydrogens (tertiary/aromatic N) is 1. The molecule has 1 aromatic carbocycles. The lowest BCUT2D eigenvalue weighted by Gasteiger charge is -2.15. The zero-order valence-corrected chi connectivity index (χ0v) is 19.7. The first kappa shape index (κ1) is 25.8. The van der Waals surface area contributed by atoms with Crippen LogP contribution in [-0.2, 0) is 9.47 Å². The number of hydrogen-bond acceptors (Lipinski definition) is 4. The summed E-state index contributed by atoms with van der Waals surface area (Å²) in [5, 5.41) is 7.67. The van der Waals surface area contributed by atoms with E-state index in [9.17, 15) is 0 Å². The number of thioether (sulfide) groups is 1. The first-order valence-corrected chi connectivity index (χ1v) is 10.2. The molecule has 2 N–H and O–H groups in total. The number of nitrogens with one attached hydrogen (secondary N) is 2. The number of aliphatic imine (C=N–C) groups is 1. The second-order valence-corrected chi connectivity index (χ2v) is 6.86. The third kappa shape index (κ3) is 11.5. The molecule has 1 aromatic rings. The third-order valence-corrected chi connectivity index (χ3v) is 4.68. The van der Waals surface area contributed by atoms with Gasteiger partial charge in [0.05, 0.1) is 19.8 Å². The molecule has 1 rings (SSSR count). The van der Waals surface area contributed by atoms with Gasteiger partial charge in [-0.1, -0.05) is 23.7 Å². The van der Waals surface area contributed by atoms with E-state index in [1.807, 2.05) is 18.2 Å². The summed E-state index contributed by atoms with van der Waals surface area (Å²) in [6.45, 7) is 6.40. The minimum Gasteiger partial charge on any atom is -0.382 e. The molecule has 1 unspecified atom stereocenters. The van der Waals surface area contributed by atoms with Gasteiger partial charge in [-0.2, -0.15) is 11.8 Å². The van der Waals surface area contributed by atoms with E-state index in [4.69, 9.17) is 26.1 Å². The molecule has 0 heterocycles. The summed E-state index contributed by atoms with van der Waals surface area (Å²) in [7, 11) is 1.68. The Bertz CT molecular complexity index is 509. The van der Waals surface area contributed by atoms with Gasteiger partial charge in [0, 0.05) is 37.1 Å². The average molecular weight is 516 g/mol. The van der Waals surface area contributed by atoms with E-state index in [1.54, 1.807) is 18.9 Å². The van der Waals surface area contributed by atoms with Crippen molar-refractivity contribution in [2.75, 3.05) is 52.8 Å². The predicted molar refractivity (Wildman–Crippen MR) is 124 cm³/mol. The Balaban J connectivity index is 0.00000625. The molecule has 0 fully saturated rings. The lowest BCUT2D eigenvalue weighted by atomic mass is 10.1. The van der Waals surface area contributed by atoms with Gasteiger partial charge in [-0.25, -0.2) is 0 Å². The van der Waals surface area contributed by atoms with Gasteiger partial charge in [0.25, 0.3) is 0 Å². The zero-order chi connectivity index (χ0) is 18.3. The Morgan fingerprint density at radius 3 is 2.73 bits per heavy atom. The van der Waals surface area contributed by atoms with Crippen LogP contribution in [0.4, 0.5) is 0 Å². The molecule has 0 radical (unpaired) electrons. The Hall–Kier alpha value is -0.220. The van der Waals surface area contributed by atoms with Crippen molar-refractivity contribution in [2.45, 2.75) is 18.6 Å². The van der Waals surface area contributed by atoms with Crippen LogP contribution in [-0.4, -0.2) is 58.8 Å². The largest absolute Gasteiger partial charge is 0.382 e. The molecule has 0 aliphatic heterocycles. The highest BCUT2D eigenvalue weighted by Gasteiger charge is 2.10. The van der Waals surface area contributed by atoms with Crippen molar-refractivity contribution in [2.24, 2.45) is 4.99 Å². The Morgan fingerprint density at radius 2 is 2.08 bits per heavy atom. The van der Waals surface area contributed by atoms with Crippen LogP contribution in [0.25, 0.3) is 0 Å². The molecule has 0 saturated heterocycles. The molecule has 26 heavy (non-hydrogen) atoms. The maximum absolute atomic E-state index is 6.10. The van der Waals surface area contributed by atoms with E-state index in [2.05, 4.69) is 29.9 Å². The Kier molecular flexibility index (Phi) is 16.8. The number of rotatable bonds is 12. The van der Waals surface area contributed by atoms with Gasteiger partial charge in [-0.3, -0.25) is 4.99 Å². The Labute approximate surface area is 184 Å². The molecule has 0 spiro atoms. The van der Waals surface area contributed by atoms with Crippen LogP contribution in [0, 0.1) is 0 Å². The van der Waals surface area contributed by atoms with Gasteiger partial charge in [-0.05, 0) is 37.3 Å². The molecular formula is C18H31ClIN3O2S. The van der Waals surface area contributed by atoms with Crippen molar-refractivity contribution in [3.8, 4) is 0 Å². The average Bonchev–Trinajstić information content (AvgIpc) is 2.61. The molecule has 0 aliphatic rings. The second-order valence-electron chi connectivity index (χ2n) is 5.38. The SMILES string of the molecule is CCNC(=NCC(SC)c1cccc(Cl)c1)NCCCOCCOC.I. The smallest absolute Gasteiger partial charge is 0.191 e. The zero-order valence-electron chi connectivity index (χ0n) is 15.8. The molecule has 5 nitrogen and oxygen atoms in total. The van der Waals surface area contributed by atoms with E-state index in [0.29, 0.717) is 26.4 Å². The van der Waals surface area contributed by atoms with Gasteiger partial charge in [0.1, 0.15) is 0 Å². The van der Waals surface area contributed by atoms with Crippen LogP contribution in [0.5, 0.6) is 0 Å². The first-order valence-electron chi connectivity index (χ1n) is 8.58. The number of guanidine groups is 1. The van der Waals surface area contributed by atoms with Crippen molar-refractivity contribution >= 4 is 53.3 Å². The number of ether oxygens (including phenoxy) is 2. The topological polar surface area (TPSA) is 54.9 Å². The minimum absolute atomic E-state index is 0. The molecule has 8 heteroatoms. The van der Waals surface area contributed by atoms with E-state index < -0.39 is 0 Å². The van der Waals surface area contributed by atoms with Gasteiger partial charge < -0.3 is 20.1 Å². The van der Waals surface area contributed by atoms with Crippen LogP contribution in [0.1, 0.15) is 24.2 Å². The van der Waals surface area contributed by atoms with Gasteiger partial charge >= 0.3 is 0 Å². The standard InChI is InChI=1S/C18H30ClN3O2S.HI/c1-4-20-18(21-9-6-10-24-12-11-23-2)22-14-17(25-3)15-7-5-8-16(19)13-15;/h5,7-8,13,17H,4,6,9-12,14H2,1-3H3,(H2,20,21,22);1H. The fourth-order valence-electron chi connectivity index (χ4n) is 2.16. The summed E-state index contributed by atoms with van der Waals surface area (Å²) in [4.78, 5) is 4.71. The predicted octanol–water partition coefficient (Wildman–Crippen LogP) is 3.97. The fraction of sp³-hybridized carbons (Fsp3) is 0.611. The molecule has 1 atom stereocenters. The maximum Gasteiger partial charge on any atom is 0.191 e. The van der Waals surface area contributed by atoms with E-state index in [-0.39, 0.29) is 29.2 Å². The lowest BCUT2D eigenvalue weighted by molar-refractivity contribution is 0.0698. The van der Waals surface area contributed by atoms with Crippen molar-refractivity contribution in [1.29, 1.82) is 0 Å². The van der Waals surface area contributed by atoms with Gasteiger partial charge in [-0.15, -0.1) is 24.0 Å². The van der Waals surface area contributed by atoms with E-state index in [0.717, 1.165) is 30.5 Å². The minimum atomic E-state index is 0. The number of benzene rings is 1. The summed E-state index contributed by atoms with van der Waals surface area (Å²) in [5.41, 5.74) is 1.20. The lowest BCUT2D eigenvalue weighted by Crippen LogP contribution is -2.38. The molecule has 0 aliphatic carbocycles. The molecule has 0 aromatic heterocycles. The van der Waals surface area contributed by atoms with Crippen LogP contribution >= 0.6 is 47.3 Å². The Morgan fingerprint density at radius 1 is 1.27 bits per heavy atom. The summed E-state index contributed by atoms with van der Waals surface area (Å²) >= 11 is 7.88. The molecule has 150 valence electrons. The normalized spacial score (nSPS) is 12.4. The molecule has 0 bridgehead atoms. The third-order valence-electron chi connectivity index (χ3n) is 3.45. The number of methoxy groups -OCH3 is 1. The first-order chi connectivity index (χ1) is 12.2. The van der Waals surface area contributed by atoms with E-state index in [1.165, 1.54) is 5.56 Å².